The molecule has 1 heterocycles. The third-order valence-electron chi connectivity index (χ3n) is 1.39. The molecule has 0 radical (unpaired) electrons. The first kappa shape index (κ1) is 9.00. The molecule has 0 fully saturated rings. The van der Waals surface area contributed by atoms with Gasteiger partial charge in [-0.15, -0.1) is 11.3 Å². The zero-order valence-corrected chi connectivity index (χ0v) is 7.53. The van der Waals surface area contributed by atoms with Crippen molar-refractivity contribution in [1.29, 1.82) is 0 Å². The molecule has 0 amide bonds. The molecule has 11 heavy (non-hydrogen) atoms. The second-order valence-corrected chi connectivity index (χ2v) is 3.58. The number of rotatable bonds is 3. The van der Waals surface area contributed by atoms with Crippen molar-refractivity contribution in [2.75, 3.05) is 6.54 Å². The Labute approximate surface area is 74.6 Å². The highest BCUT2D eigenvalue weighted by Crippen LogP contribution is 2.29. The number of halogens is 1. The zero-order chi connectivity index (χ0) is 8.27. The minimum absolute atomic E-state index is 0.482. The van der Waals surface area contributed by atoms with E-state index < -0.39 is 6.10 Å². The Morgan fingerprint density at radius 2 is 2.45 bits per heavy atom. The maximum Gasteiger partial charge on any atom is 0.0908 e. The molecule has 0 saturated carbocycles. The van der Waals surface area contributed by atoms with Gasteiger partial charge in [-0.2, -0.15) is 0 Å². The smallest absolute Gasteiger partial charge is 0.0908 e. The second kappa shape index (κ2) is 4.07. The molecule has 1 aromatic heterocycles. The number of hydrogen-bond acceptors (Lipinski definition) is 3. The molecule has 1 rings (SSSR count). The lowest BCUT2D eigenvalue weighted by Crippen LogP contribution is -2.05. The zero-order valence-electron chi connectivity index (χ0n) is 5.96. The maximum atomic E-state index is 9.44. The van der Waals surface area contributed by atoms with Crippen molar-refractivity contribution in [1.82, 2.24) is 0 Å². The molecule has 0 spiro atoms. The van der Waals surface area contributed by atoms with E-state index in [0.29, 0.717) is 18.0 Å². The van der Waals surface area contributed by atoms with Gasteiger partial charge in [0.1, 0.15) is 0 Å². The Morgan fingerprint density at radius 1 is 1.73 bits per heavy atom. The molecule has 3 N–H and O–H groups in total. The Balaban J connectivity index is 2.67. The average molecular weight is 192 g/mol. The van der Waals surface area contributed by atoms with E-state index in [1.165, 1.54) is 11.3 Å². The molecule has 1 unspecified atom stereocenters. The van der Waals surface area contributed by atoms with E-state index in [1.54, 1.807) is 6.07 Å². The summed E-state index contributed by atoms with van der Waals surface area (Å²) in [6, 6.07) is 1.78. The van der Waals surface area contributed by atoms with Crippen LogP contribution in [0.5, 0.6) is 0 Å². The molecular formula is C7H10ClNOS. The minimum atomic E-state index is -0.493. The Hall–Kier alpha value is -0.0900. The Bertz CT molecular complexity index is 226. The lowest BCUT2D eigenvalue weighted by Gasteiger charge is -2.06. The molecule has 0 aromatic carbocycles. The first-order chi connectivity index (χ1) is 5.25. The molecule has 0 aliphatic heterocycles. The summed E-state index contributed by atoms with van der Waals surface area (Å²) < 4.78 is 0. The van der Waals surface area contributed by atoms with E-state index in [9.17, 15) is 5.11 Å². The summed E-state index contributed by atoms with van der Waals surface area (Å²) in [4.78, 5) is 0.817. The van der Waals surface area contributed by atoms with Crippen molar-refractivity contribution in [2.45, 2.75) is 12.5 Å². The fraction of sp³-hybridized carbons (Fsp3) is 0.429. The van der Waals surface area contributed by atoms with Crippen LogP contribution in [0.1, 0.15) is 17.4 Å². The first-order valence-corrected chi connectivity index (χ1v) is 4.62. The summed E-state index contributed by atoms with van der Waals surface area (Å²) in [5.41, 5.74) is 5.29. The quantitative estimate of drug-likeness (QED) is 0.765. The molecule has 1 aromatic rings. The van der Waals surface area contributed by atoms with Crippen molar-refractivity contribution in [3.05, 3.63) is 21.3 Å². The topological polar surface area (TPSA) is 46.2 Å². The van der Waals surface area contributed by atoms with Crippen LogP contribution in [0.2, 0.25) is 5.02 Å². The molecule has 0 saturated heterocycles. The SMILES string of the molecule is NCCC(O)c1sccc1Cl. The van der Waals surface area contributed by atoms with Gasteiger partial charge in [0.2, 0.25) is 0 Å². The van der Waals surface area contributed by atoms with Gasteiger partial charge in [0.25, 0.3) is 0 Å². The van der Waals surface area contributed by atoms with E-state index in [0.717, 1.165) is 4.88 Å². The largest absolute Gasteiger partial charge is 0.387 e. The number of hydrogen-bond donors (Lipinski definition) is 2. The molecule has 2 nitrogen and oxygen atoms in total. The predicted octanol–water partition coefficient (Wildman–Crippen LogP) is 1.78. The van der Waals surface area contributed by atoms with Crippen LogP contribution in [0.4, 0.5) is 0 Å². The standard InChI is InChI=1S/C7H10ClNOS/c8-5-2-4-11-7(5)6(10)1-3-9/h2,4,6,10H,1,3,9H2. The normalized spacial score (nSPS) is 13.4. The molecule has 0 bridgehead atoms. The second-order valence-electron chi connectivity index (χ2n) is 2.23. The molecule has 4 heteroatoms. The van der Waals surface area contributed by atoms with Gasteiger partial charge < -0.3 is 10.8 Å². The van der Waals surface area contributed by atoms with E-state index in [4.69, 9.17) is 17.3 Å². The number of aliphatic hydroxyl groups is 1. The van der Waals surface area contributed by atoms with Crippen molar-refractivity contribution in [2.24, 2.45) is 5.73 Å². The number of nitrogens with two attached hydrogens (primary N) is 1. The molecule has 62 valence electrons. The van der Waals surface area contributed by atoms with Gasteiger partial charge in [0.15, 0.2) is 0 Å². The molecule has 0 aliphatic carbocycles. The van der Waals surface area contributed by atoms with E-state index in [2.05, 4.69) is 0 Å². The minimum Gasteiger partial charge on any atom is -0.387 e. The van der Waals surface area contributed by atoms with E-state index in [1.807, 2.05) is 5.38 Å². The summed E-state index contributed by atoms with van der Waals surface area (Å²) in [5.74, 6) is 0. The summed E-state index contributed by atoms with van der Waals surface area (Å²) in [6.07, 6.45) is 0.0766. The van der Waals surface area contributed by atoms with Gasteiger partial charge >= 0.3 is 0 Å². The van der Waals surface area contributed by atoms with Crippen LogP contribution in [0.3, 0.4) is 0 Å². The average Bonchev–Trinajstić information content (AvgIpc) is 2.36. The van der Waals surface area contributed by atoms with Crippen LogP contribution in [0.15, 0.2) is 11.4 Å². The van der Waals surface area contributed by atoms with E-state index >= 15 is 0 Å². The summed E-state index contributed by atoms with van der Waals surface area (Å²) in [6.45, 7) is 0.482. The van der Waals surface area contributed by atoms with Crippen molar-refractivity contribution >= 4 is 22.9 Å². The monoisotopic (exact) mass is 191 g/mol. The summed E-state index contributed by atoms with van der Waals surface area (Å²) >= 11 is 7.24. The Kier molecular flexibility index (Phi) is 3.33. The highest BCUT2D eigenvalue weighted by Gasteiger charge is 2.11. The Morgan fingerprint density at radius 3 is 2.91 bits per heavy atom. The molecule has 1 atom stereocenters. The summed E-state index contributed by atoms with van der Waals surface area (Å²) in [5, 5.41) is 11.9. The van der Waals surface area contributed by atoms with Gasteiger partial charge in [-0.25, -0.2) is 0 Å². The lowest BCUT2D eigenvalue weighted by molar-refractivity contribution is 0.174. The van der Waals surface area contributed by atoms with Gasteiger partial charge in [-0.3, -0.25) is 0 Å². The van der Waals surface area contributed by atoms with Crippen molar-refractivity contribution in [3.63, 3.8) is 0 Å². The van der Waals surface area contributed by atoms with Crippen molar-refractivity contribution < 1.29 is 5.11 Å². The predicted molar refractivity (Wildman–Crippen MR) is 48.0 cm³/mol. The number of thiophene rings is 1. The van der Waals surface area contributed by atoms with Gasteiger partial charge in [-0.05, 0) is 24.4 Å². The number of aliphatic hydroxyl groups excluding tert-OH is 1. The third kappa shape index (κ3) is 2.17. The first-order valence-electron chi connectivity index (χ1n) is 3.36. The van der Waals surface area contributed by atoms with Gasteiger partial charge in [0.05, 0.1) is 16.0 Å². The fourth-order valence-electron chi connectivity index (χ4n) is 0.832. The maximum absolute atomic E-state index is 9.44. The van der Waals surface area contributed by atoms with E-state index in [-0.39, 0.29) is 0 Å². The highest BCUT2D eigenvalue weighted by molar-refractivity contribution is 7.10. The third-order valence-corrected chi connectivity index (χ3v) is 2.85. The van der Waals surface area contributed by atoms with Crippen molar-refractivity contribution in [3.8, 4) is 0 Å². The van der Waals surface area contributed by atoms with Crippen LogP contribution in [0.25, 0.3) is 0 Å². The highest BCUT2D eigenvalue weighted by atomic mass is 35.5. The van der Waals surface area contributed by atoms with Gasteiger partial charge in [0, 0.05) is 0 Å². The van der Waals surface area contributed by atoms with Crippen LogP contribution in [-0.4, -0.2) is 11.7 Å². The van der Waals surface area contributed by atoms with Crippen LogP contribution < -0.4 is 5.73 Å². The van der Waals surface area contributed by atoms with Gasteiger partial charge in [-0.1, -0.05) is 11.6 Å². The summed E-state index contributed by atoms with van der Waals surface area (Å²) in [7, 11) is 0. The molecular weight excluding hydrogens is 182 g/mol. The lowest BCUT2D eigenvalue weighted by atomic mass is 10.2. The molecule has 0 aliphatic rings. The van der Waals surface area contributed by atoms with Crippen LogP contribution >= 0.6 is 22.9 Å². The van der Waals surface area contributed by atoms with Crippen LogP contribution in [-0.2, 0) is 0 Å². The fourth-order valence-corrected chi connectivity index (χ4v) is 2.04. The van der Waals surface area contributed by atoms with Crippen LogP contribution in [0, 0.1) is 0 Å².